The fourth-order valence-corrected chi connectivity index (χ4v) is 3.43. The van der Waals surface area contributed by atoms with Crippen LogP contribution in [-0.4, -0.2) is 38.3 Å². The lowest BCUT2D eigenvalue weighted by molar-refractivity contribution is -0.136. The van der Waals surface area contributed by atoms with Gasteiger partial charge in [0.25, 0.3) is 11.1 Å². The van der Waals surface area contributed by atoms with Crippen LogP contribution in [-0.2, 0) is 17.8 Å². The maximum absolute atomic E-state index is 12.7. The third-order valence-electron chi connectivity index (χ3n) is 4.83. The molecule has 1 amide bonds. The summed E-state index contributed by atoms with van der Waals surface area (Å²) in [4.78, 5) is 37.7. The van der Waals surface area contributed by atoms with Crippen molar-refractivity contribution in [3.8, 4) is 5.75 Å². The van der Waals surface area contributed by atoms with Gasteiger partial charge in [-0.05, 0) is 49.8 Å². The number of aryl methyl sites for hydroxylation is 1. The molecule has 1 aromatic heterocycles. The van der Waals surface area contributed by atoms with Gasteiger partial charge >= 0.3 is 0 Å². The highest BCUT2D eigenvalue weighted by Gasteiger charge is 2.26. The van der Waals surface area contributed by atoms with E-state index in [0.717, 1.165) is 48.4 Å². The van der Waals surface area contributed by atoms with Crippen LogP contribution in [0.3, 0.4) is 0 Å². The molecule has 1 aliphatic heterocycles. The van der Waals surface area contributed by atoms with E-state index in [4.69, 9.17) is 0 Å². The zero-order chi connectivity index (χ0) is 18.5. The molecule has 0 bridgehead atoms. The van der Waals surface area contributed by atoms with Crippen molar-refractivity contribution in [2.75, 3.05) is 6.54 Å². The highest BCUT2D eigenvalue weighted by Crippen LogP contribution is 2.22. The third-order valence-corrected chi connectivity index (χ3v) is 4.83. The Morgan fingerprint density at radius 3 is 2.65 bits per heavy atom. The van der Waals surface area contributed by atoms with Crippen molar-refractivity contribution in [2.45, 2.75) is 44.7 Å². The van der Waals surface area contributed by atoms with Crippen molar-refractivity contribution in [1.29, 1.82) is 0 Å². The number of carbonyl (C=O) groups excluding carboxylic acids is 1. The van der Waals surface area contributed by atoms with Gasteiger partial charge in [-0.15, -0.1) is 0 Å². The number of amides is 1. The smallest absolute Gasteiger partial charge is 0.265 e. The number of phenols is 1. The summed E-state index contributed by atoms with van der Waals surface area (Å²) in [5, 5.41) is 11.8. The fourth-order valence-electron chi connectivity index (χ4n) is 3.43. The highest BCUT2D eigenvalue weighted by molar-refractivity contribution is 5.76. The highest BCUT2D eigenvalue weighted by atomic mass is 16.3. The van der Waals surface area contributed by atoms with Crippen LogP contribution in [0.25, 0.3) is 0 Å². The number of hydrogen-bond donors (Lipinski definition) is 2. The Bertz CT molecular complexity index is 869. The number of aromatic hydroxyl groups is 1. The number of nitrogens with one attached hydrogen (secondary N) is 1. The topological polar surface area (TPSA) is 95.4 Å². The van der Waals surface area contributed by atoms with Crippen molar-refractivity contribution >= 4 is 5.91 Å². The Morgan fingerprint density at radius 1 is 1.12 bits per heavy atom. The van der Waals surface area contributed by atoms with Crippen LogP contribution in [0.4, 0.5) is 0 Å². The van der Waals surface area contributed by atoms with E-state index in [9.17, 15) is 19.5 Å². The summed E-state index contributed by atoms with van der Waals surface area (Å²) in [5.41, 5.74) is 0.319. The average Bonchev–Trinajstić information content (AvgIpc) is 2.64. The van der Waals surface area contributed by atoms with Crippen molar-refractivity contribution in [3.63, 3.8) is 0 Å². The molecule has 1 aliphatic rings. The lowest BCUT2D eigenvalue weighted by Crippen LogP contribution is -2.46. The number of likely N-dealkylation sites (tertiary alicyclic amines) is 1. The number of benzene rings is 1. The molecule has 138 valence electrons. The summed E-state index contributed by atoms with van der Waals surface area (Å²) in [6, 6.07) is 9.55. The molecule has 2 heterocycles. The molecule has 26 heavy (non-hydrogen) atoms. The lowest BCUT2D eigenvalue weighted by atomic mass is 9.95. The fraction of sp³-hybridized carbons (Fsp3) is 0.421. The molecule has 7 heteroatoms. The van der Waals surface area contributed by atoms with Crippen LogP contribution in [0.2, 0.25) is 0 Å². The van der Waals surface area contributed by atoms with E-state index in [1.165, 1.54) is 6.07 Å². The van der Waals surface area contributed by atoms with Crippen molar-refractivity contribution in [2.24, 2.45) is 0 Å². The molecule has 1 fully saturated rings. The first-order chi connectivity index (χ1) is 12.5. The van der Waals surface area contributed by atoms with Gasteiger partial charge in [-0.25, -0.2) is 4.68 Å². The van der Waals surface area contributed by atoms with Gasteiger partial charge in [-0.1, -0.05) is 12.1 Å². The van der Waals surface area contributed by atoms with E-state index in [1.807, 2.05) is 17.0 Å². The second-order valence-electron chi connectivity index (χ2n) is 6.68. The van der Waals surface area contributed by atoms with E-state index >= 15 is 0 Å². The van der Waals surface area contributed by atoms with Gasteiger partial charge in [0.15, 0.2) is 0 Å². The van der Waals surface area contributed by atoms with E-state index in [-0.39, 0.29) is 24.2 Å². The summed E-state index contributed by atoms with van der Waals surface area (Å²) in [6.45, 7) is 0.523. The Balaban J connectivity index is 1.66. The molecule has 0 aliphatic carbocycles. The number of nitrogens with zero attached hydrogens (tertiary/aromatic N) is 2. The molecule has 2 N–H and O–H groups in total. The van der Waals surface area contributed by atoms with Crippen molar-refractivity contribution in [1.82, 2.24) is 14.7 Å². The summed E-state index contributed by atoms with van der Waals surface area (Å²) < 4.78 is 1.07. The molecule has 0 unspecified atom stereocenters. The molecule has 2 aromatic rings. The van der Waals surface area contributed by atoms with Crippen LogP contribution in [0.1, 0.15) is 31.2 Å². The standard InChI is InChI=1S/C19H23N3O4/c23-16-8-5-14(6-9-16)4-7-15-3-1-2-12-21(15)19(26)13-22-18(25)11-10-17(24)20-22/h5-6,8-11,15,23H,1-4,7,12-13H2,(H,20,24)/t15-/m0/s1. The zero-order valence-electron chi connectivity index (χ0n) is 14.6. The summed E-state index contributed by atoms with van der Waals surface area (Å²) in [6.07, 6.45) is 4.60. The summed E-state index contributed by atoms with van der Waals surface area (Å²) >= 11 is 0. The number of rotatable bonds is 5. The van der Waals surface area contributed by atoms with Crippen molar-refractivity contribution < 1.29 is 9.90 Å². The van der Waals surface area contributed by atoms with Crippen LogP contribution >= 0.6 is 0 Å². The van der Waals surface area contributed by atoms with E-state index in [1.54, 1.807) is 12.1 Å². The quantitative estimate of drug-likeness (QED) is 0.842. The largest absolute Gasteiger partial charge is 0.508 e. The van der Waals surface area contributed by atoms with Crippen LogP contribution in [0.5, 0.6) is 5.75 Å². The maximum Gasteiger partial charge on any atom is 0.265 e. The van der Waals surface area contributed by atoms with E-state index in [2.05, 4.69) is 5.10 Å². The maximum atomic E-state index is 12.7. The van der Waals surface area contributed by atoms with Crippen LogP contribution in [0, 0.1) is 0 Å². The molecular formula is C19H23N3O4. The van der Waals surface area contributed by atoms with Gasteiger partial charge < -0.3 is 10.0 Å². The number of piperidine rings is 1. The monoisotopic (exact) mass is 357 g/mol. The molecular weight excluding hydrogens is 334 g/mol. The zero-order valence-corrected chi connectivity index (χ0v) is 14.6. The van der Waals surface area contributed by atoms with Gasteiger partial charge in [0.1, 0.15) is 12.3 Å². The molecule has 0 radical (unpaired) electrons. The molecule has 1 atom stereocenters. The number of H-pyrrole nitrogens is 1. The van der Waals surface area contributed by atoms with Crippen molar-refractivity contribution in [3.05, 3.63) is 62.7 Å². The third kappa shape index (κ3) is 4.41. The first kappa shape index (κ1) is 18.0. The number of hydrogen-bond acceptors (Lipinski definition) is 4. The number of aromatic nitrogens is 2. The van der Waals surface area contributed by atoms with Crippen LogP contribution in [0.15, 0.2) is 46.0 Å². The minimum atomic E-state index is -0.403. The Hall–Kier alpha value is -2.83. The molecule has 3 rings (SSSR count). The minimum Gasteiger partial charge on any atom is -0.508 e. The summed E-state index contributed by atoms with van der Waals surface area (Å²) in [5.74, 6) is 0.0925. The Morgan fingerprint density at radius 2 is 1.88 bits per heavy atom. The first-order valence-corrected chi connectivity index (χ1v) is 8.90. The predicted molar refractivity (Wildman–Crippen MR) is 97.1 cm³/mol. The first-order valence-electron chi connectivity index (χ1n) is 8.90. The van der Waals surface area contributed by atoms with Gasteiger partial charge in [0.2, 0.25) is 5.91 Å². The molecule has 0 spiro atoms. The molecule has 7 nitrogen and oxygen atoms in total. The van der Waals surface area contributed by atoms with E-state index in [0.29, 0.717) is 6.54 Å². The van der Waals surface area contributed by atoms with Gasteiger partial charge in [-0.3, -0.25) is 19.5 Å². The average molecular weight is 357 g/mol. The van der Waals surface area contributed by atoms with Gasteiger partial charge in [0, 0.05) is 24.7 Å². The molecule has 0 saturated carbocycles. The van der Waals surface area contributed by atoms with Gasteiger partial charge in [0.05, 0.1) is 0 Å². The second kappa shape index (κ2) is 8.03. The SMILES string of the molecule is O=C(Cn1[nH]c(=O)ccc1=O)N1CCCC[C@H]1CCc1ccc(O)cc1. The number of carbonyl (C=O) groups is 1. The predicted octanol–water partition coefficient (Wildman–Crippen LogP) is 1.26. The summed E-state index contributed by atoms with van der Waals surface area (Å²) in [7, 11) is 0. The number of phenolic OH excluding ortho intramolecular Hbond substituents is 1. The molecule has 1 saturated heterocycles. The Kier molecular flexibility index (Phi) is 5.55. The normalized spacial score (nSPS) is 17.2. The van der Waals surface area contributed by atoms with Crippen LogP contribution < -0.4 is 11.1 Å². The van der Waals surface area contributed by atoms with E-state index < -0.39 is 11.1 Å². The lowest BCUT2D eigenvalue weighted by Gasteiger charge is -2.36. The molecule has 1 aromatic carbocycles. The second-order valence-corrected chi connectivity index (χ2v) is 6.68. The Labute approximate surface area is 150 Å². The number of aromatic amines is 1. The minimum absolute atomic E-state index is 0.121. The van der Waals surface area contributed by atoms with Gasteiger partial charge in [-0.2, -0.15) is 0 Å².